The van der Waals surface area contributed by atoms with Gasteiger partial charge in [-0.05, 0) is 31.7 Å². The summed E-state index contributed by atoms with van der Waals surface area (Å²) in [7, 11) is 0. The van der Waals surface area contributed by atoms with Crippen LogP contribution in [0.1, 0.15) is 35.9 Å². The zero-order chi connectivity index (χ0) is 14.7. The van der Waals surface area contributed by atoms with E-state index in [1.807, 2.05) is 4.90 Å². The predicted octanol–water partition coefficient (Wildman–Crippen LogP) is 1.99. The normalized spacial score (nSPS) is 16.3. The topological polar surface area (TPSA) is 64.2 Å². The van der Waals surface area contributed by atoms with Crippen LogP contribution in [0.5, 0.6) is 0 Å². The van der Waals surface area contributed by atoms with Crippen LogP contribution in [0.25, 0.3) is 0 Å². The molecule has 2 aromatic heterocycles. The summed E-state index contributed by atoms with van der Waals surface area (Å²) in [5.41, 5.74) is 0.638. The van der Waals surface area contributed by atoms with Gasteiger partial charge in [-0.3, -0.25) is 4.79 Å². The van der Waals surface area contributed by atoms with Gasteiger partial charge in [0.25, 0.3) is 5.91 Å². The smallest absolute Gasteiger partial charge is 0.257 e. The maximum absolute atomic E-state index is 12.2. The Balaban J connectivity index is 1.54. The van der Waals surface area contributed by atoms with Crippen molar-refractivity contribution in [3.63, 3.8) is 0 Å². The molecule has 0 radical (unpaired) electrons. The molecule has 1 aliphatic rings. The summed E-state index contributed by atoms with van der Waals surface area (Å²) in [5, 5.41) is 8.17. The minimum atomic E-state index is 0.0684. The average Bonchev–Trinajstić information content (AvgIpc) is 3.18. The molecule has 21 heavy (non-hydrogen) atoms. The standard InChI is InChI=1S/C15H20N4O2/c1-2-18-11-16-17-14(18)9-12-3-6-19(7-4-12)15(20)13-5-8-21-10-13/h5,8,10-12H,2-4,6-7,9H2,1H3. The summed E-state index contributed by atoms with van der Waals surface area (Å²) < 4.78 is 7.06. The van der Waals surface area contributed by atoms with Gasteiger partial charge < -0.3 is 13.9 Å². The van der Waals surface area contributed by atoms with E-state index in [0.717, 1.165) is 44.7 Å². The third-order valence-electron chi connectivity index (χ3n) is 4.18. The molecule has 3 rings (SSSR count). The van der Waals surface area contributed by atoms with Crippen LogP contribution in [0.2, 0.25) is 0 Å². The molecule has 6 nitrogen and oxygen atoms in total. The number of amides is 1. The first-order valence-electron chi connectivity index (χ1n) is 7.46. The van der Waals surface area contributed by atoms with E-state index in [0.29, 0.717) is 11.5 Å². The lowest BCUT2D eigenvalue weighted by atomic mass is 9.93. The zero-order valence-corrected chi connectivity index (χ0v) is 12.2. The first kappa shape index (κ1) is 13.9. The Morgan fingerprint density at radius 1 is 1.43 bits per heavy atom. The van der Waals surface area contributed by atoms with E-state index >= 15 is 0 Å². The van der Waals surface area contributed by atoms with Gasteiger partial charge in [-0.25, -0.2) is 0 Å². The largest absolute Gasteiger partial charge is 0.472 e. The van der Waals surface area contributed by atoms with Crippen LogP contribution >= 0.6 is 0 Å². The number of aryl methyl sites for hydroxylation is 1. The SMILES string of the molecule is CCn1cnnc1CC1CCN(C(=O)c2ccoc2)CC1. The summed E-state index contributed by atoms with van der Waals surface area (Å²) in [5.74, 6) is 1.70. The van der Waals surface area contributed by atoms with Crippen molar-refractivity contribution in [3.8, 4) is 0 Å². The van der Waals surface area contributed by atoms with Crippen LogP contribution < -0.4 is 0 Å². The quantitative estimate of drug-likeness (QED) is 0.863. The molecule has 2 aromatic rings. The predicted molar refractivity (Wildman–Crippen MR) is 76.7 cm³/mol. The maximum atomic E-state index is 12.2. The van der Waals surface area contributed by atoms with Crippen molar-refractivity contribution in [2.45, 2.75) is 32.7 Å². The van der Waals surface area contributed by atoms with Crippen LogP contribution in [-0.2, 0) is 13.0 Å². The lowest BCUT2D eigenvalue weighted by Crippen LogP contribution is -2.38. The van der Waals surface area contributed by atoms with Crippen LogP contribution in [-0.4, -0.2) is 38.7 Å². The second kappa shape index (κ2) is 6.11. The van der Waals surface area contributed by atoms with Crippen molar-refractivity contribution in [1.82, 2.24) is 19.7 Å². The third kappa shape index (κ3) is 2.99. The summed E-state index contributed by atoms with van der Waals surface area (Å²) in [6.07, 6.45) is 7.81. The minimum Gasteiger partial charge on any atom is -0.472 e. The number of piperidine rings is 1. The number of aromatic nitrogens is 3. The van der Waals surface area contributed by atoms with E-state index in [2.05, 4.69) is 21.7 Å². The van der Waals surface area contributed by atoms with Gasteiger partial charge >= 0.3 is 0 Å². The molecule has 0 unspecified atom stereocenters. The van der Waals surface area contributed by atoms with E-state index in [1.54, 1.807) is 12.4 Å². The summed E-state index contributed by atoms with van der Waals surface area (Å²) in [6.45, 7) is 4.60. The maximum Gasteiger partial charge on any atom is 0.257 e. The Labute approximate surface area is 123 Å². The van der Waals surface area contributed by atoms with Gasteiger partial charge in [0.1, 0.15) is 18.4 Å². The van der Waals surface area contributed by atoms with Crippen molar-refractivity contribution < 1.29 is 9.21 Å². The summed E-state index contributed by atoms with van der Waals surface area (Å²) in [4.78, 5) is 14.1. The first-order chi connectivity index (χ1) is 10.3. The first-order valence-corrected chi connectivity index (χ1v) is 7.46. The van der Waals surface area contributed by atoms with Crippen LogP contribution in [0, 0.1) is 5.92 Å². The Morgan fingerprint density at radius 2 is 2.24 bits per heavy atom. The summed E-state index contributed by atoms with van der Waals surface area (Å²) >= 11 is 0. The lowest BCUT2D eigenvalue weighted by Gasteiger charge is -2.31. The van der Waals surface area contributed by atoms with Crippen molar-refractivity contribution in [2.75, 3.05) is 13.1 Å². The number of hydrogen-bond donors (Lipinski definition) is 0. The van der Waals surface area contributed by atoms with E-state index < -0.39 is 0 Å². The highest BCUT2D eigenvalue weighted by atomic mass is 16.3. The molecule has 0 N–H and O–H groups in total. The van der Waals surface area contributed by atoms with Crippen LogP contribution in [0.15, 0.2) is 29.3 Å². The highest BCUT2D eigenvalue weighted by Crippen LogP contribution is 2.22. The van der Waals surface area contributed by atoms with Gasteiger partial charge in [-0.2, -0.15) is 0 Å². The molecule has 0 aromatic carbocycles. The Kier molecular flexibility index (Phi) is 4.03. The molecule has 1 saturated heterocycles. The number of furan rings is 1. The number of nitrogens with zero attached hydrogens (tertiary/aromatic N) is 4. The zero-order valence-electron chi connectivity index (χ0n) is 12.2. The van der Waals surface area contributed by atoms with Crippen molar-refractivity contribution in [3.05, 3.63) is 36.3 Å². The molecule has 1 amide bonds. The van der Waals surface area contributed by atoms with Gasteiger partial charge in [0.2, 0.25) is 0 Å². The molecular formula is C15H20N4O2. The van der Waals surface area contributed by atoms with Crippen molar-refractivity contribution >= 4 is 5.91 Å². The van der Waals surface area contributed by atoms with Crippen molar-refractivity contribution in [1.29, 1.82) is 0 Å². The van der Waals surface area contributed by atoms with Crippen molar-refractivity contribution in [2.24, 2.45) is 5.92 Å². The highest BCUT2D eigenvalue weighted by Gasteiger charge is 2.25. The molecule has 0 atom stereocenters. The average molecular weight is 288 g/mol. The highest BCUT2D eigenvalue weighted by molar-refractivity contribution is 5.93. The fourth-order valence-corrected chi connectivity index (χ4v) is 2.87. The molecule has 0 aliphatic carbocycles. The molecule has 1 aliphatic heterocycles. The molecular weight excluding hydrogens is 268 g/mol. The van der Waals surface area contributed by atoms with Gasteiger partial charge in [-0.15, -0.1) is 10.2 Å². The Bertz CT molecular complexity index is 583. The Hall–Kier alpha value is -2.11. The van der Waals surface area contributed by atoms with E-state index in [1.165, 1.54) is 12.5 Å². The number of likely N-dealkylation sites (tertiary alicyclic amines) is 1. The number of hydrogen-bond acceptors (Lipinski definition) is 4. The Morgan fingerprint density at radius 3 is 2.90 bits per heavy atom. The number of carbonyl (C=O) groups is 1. The van der Waals surface area contributed by atoms with Crippen LogP contribution in [0.3, 0.4) is 0 Å². The molecule has 6 heteroatoms. The van der Waals surface area contributed by atoms with E-state index in [-0.39, 0.29) is 5.91 Å². The second-order valence-electron chi connectivity index (χ2n) is 5.48. The monoisotopic (exact) mass is 288 g/mol. The van der Waals surface area contributed by atoms with E-state index in [9.17, 15) is 4.79 Å². The van der Waals surface area contributed by atoms with E-state index in [4.69, 9.17) is 4.42 Å². The van der Waals surface area contributed by atoms with Crippen LogP contribution in [0.4, 0.5) is 0 Å². The molecule has 3 heterocycles. The summed E-state index contributed by atoms with van der Waals surface area (Å²) in [6, 6.07) is 1.72. The lowest BCUT2D eigenvalue weighted by molar-refractivity contribution is 0.0689. The van der Waals surface area contributed by atoms with Gasteiger partial charge in [0.05, 0.1) is 11.8 Å². The van der Waals surface area contributed by atoms with Gasteiger partial charge in [0, 0.05) is 26.1 Å². The molecule has 0 saturated carbocycles. The fraction of sp³-hybridized carbons (Fsp3) is 0.533. The minimum absolute atomic E-state index is 0.0684. The number of rotatable bonds is 4. The molecule has 1 fully saturated rings. The fourth-order valence-electron chi connectivity index (χ4n) is 2.87. The molecule has 112 valence electrons. The molecule has 0 bridgehead atoms. The van der Waals surface area contributed by atoms with Gasteiger partial charge in [0.15, 0.2) is 0 Å². The van der Waals surface area contributed by atoms with Gasteiger partial charge in [-0.1, -0.05) is 0 Å². The molecule has 0 spiro atoms. The second-order valence-corrected chi connectivity index (χ2v) is 5.48. The number of carbonyl (C=O) groups excluding carboxylic acids is 1. The third-order valence-corrected chi connectivity index (χ3v) is 4.18.